The Morgan fingerprint density at radius 3 is 2.63 bits per heavy atom. The summed E-state index contributed by atoms with van der Waals surface area (Å²) in [4.78, 5) is 34.2. The molecule has 202 valence electrons. The molecule has 2 aromatic heterocycles. The van der Waals surface area contributed by atoms with Crippen LogP contribution in [0.3, 0.4) is 0 Å². The van der Waals surface area contributed by atoms with Crippen LogP contribution in [-0.4, -0.2) is 43.0 Å². The van der Waals surface area contributed by atoms with Gasteiger partial charge in [0.25, 0.3) is 21.5 Å². The van der Waals surface area contributed by atoms with E-state index in [2.05, 4.69) is 49.2 Å². The number of nitrogens with zero attached hydrogens (tertiary/aromatic N) is 2. The van der Waals surface area contributed by atoms with Gasteiger partial charge in [-0.3, -0.25) is 9.59 Å². The molecule has 0 aliphatic carbocycles. The van der Waals surface area contributed by atoms with Gasteiger partial charge in [0.15, 0.2) is 4.90 Å². The monoisotopic (exact) mass is 538 g/mol. The molecule has 1 aliphatic heterocycles. The molecule has 1 amide bonds. The number of amides is 1. The molecule has 3 heterocycles. The molecule has 9 nitrogen and oxygen atoms in total. The van der Waals surface area contributed by atoms with Crippen molar-refractivity contribution in [1.82, 2.24) is 14.7 Å². The summed E-state index contributed by atoms with van der Waals surface area (Å²) in [7, 11) is -4.41. The van der Waals surface area contributed by atoms with Crippen molar-refractivity contribution in [2.75, 3.05) is 18.1 Å². The molecule has 1 unspecified atom stereocenters. The Morgan fingerprint density at radius 1 is 1.21 bits per heavy atom. The van der Waals surface area contributed by atoms with Crippen LogP contribution in [0.15, 0.2) is 64.4 Å². The first-order chi connectivity index (χ1) is 17.9. The standard InChI is InChI=1S/C28H34N4O5S/c1-18(2)17-37-21-9-6-8-20(16-21)23-12-11-22(25(30-23)32-15-13-19(3)28(32,4)5)26(33)31-38(35,36)24-10-7-14-29-27(24)34/h6-12,14,16,18-19H,13,15,17H2,1-5H3,(H,29,34)(H,31,33). The van der Waals surface area contributed by atoms with E-state index in [-0.39, 0.29) is 11.1 Å². The number of carbonyl (C=O) groups is 1. The molecule has 0 spiro atoms. The Kier molecular flexibility index (Phi) is 7.64. The Morgan fingerprint density at radius 2 is 1.97 bits per heavy atom. The van der Waals surface area contributed by atoms with Gasteiger partial charge >= 0.3 is 0 Å². The second kappa shape index (κ2) is 10.6. The first-order valence-corrected chi connectivity index (χ1v) is 14.1. The fraction of sp³-hybridized carbons (Fsp3) is 0.393. The van der Waals surface area contributed by atoms with E-state index in [0.717, 1.165) is 23.8 Å². The summed E-state index contributed by atoms with van der Waals surface area (Å²) in [5.74, 6) is 0.953. The van der Waals surface area contributed by atoms with E-state index in [1.165, 1.54) is 12.3 Å². The molecule has 3 aromatic rings. The summed E-state index contributed by atoms with van der Waals surface area (Å²) in [6, 6.07) is 13.4. The molecule has 1 saturated heterocycles. The second-order valence-electron chi connectivity index (χ2n) is 10.6. The number of nitrogens with one attached hydrogen (secondary N) is 2. The number of H-pyrrole nitrogens is 1. The van der Waals surface area contributed by atoms with Gasteiger partial charge in [0.2, 0.25) is 0 Å². The van der Waals surface area contributed by atoms with Gasteiger partial charge in [-0.2, -0.15) is 0 Å². The SMILES string of the molecule is CC(C)COc1cccc(-c2ccc(C(=O)NS(=O)(=O)c3ccc[nH]c3=O)c(N3CCC(C)C3(C)C)n2)c1. The van der Waals surface area contributed by atoms with Crippen molar-refractivity contribution in [3.63, 3.8) is 0 Å². The van der Waals surface area contributed by atoms with Crippen molar-refractivity contribution in [2.24, 2.45) is 11.8 Å². The van der Waals surface area contributed by atoms with Crippen LogP contribution in [0.5, 0.6) is 5.75 Å². The Hall–Kier alpha value is -3.66. The summed E-state index contributed by atoms with van der Waals surface area (Å²) in [6.45, 7) is 11.7. The van der Waals surface area contributed by atoms with Gasteiger partial charge in [0, 0.05) is 23.8 Å². The maximum absolute atomic E-state index is 13.4. The Bertz CT molecular complexity index is 1500. The van der Waals surface area contributed by atoms with Gasteiger partial charge in [0.1, 0.15) is 11.6 Å². The van der Waals surface area contributed by atoms with Gasteiger partial charge < -0.3 is 14.6 Å². The number of pyridine rings is 2. The summed E-state index contributed by atoms with van der Waals surface area (Å²) < 4.78 is 33.7. The molecule has 1 aromatic carbocycles. The number of hydrogen-bond acceptors (Lipinski definition) is 7. The third-order valence-electron chi connectivity index (χ3n) is 7.07. The quantitative estimate of drug-likeness (QED) is 0.440. The lowest BCUT2D eigenvalue weighted by Crippen LogP contribution is -2.44. The van der Waals surface area contributed by atoms with E-state index >= 15 is 0 Å². The third kappa shape index (κ3) is 5.60. The fourth-order valence-corrected chi connectivity index (χ4v) is 5.48. The summed E-state index contributed by atoms with van der Waals surface area (Å²) >= 11 is 0. The van der Waals surface area contributed by atoms with Gasteiger partial charge in [-0.1, -0.05) is 32.9 Å². The largest absolute Gasteiger partial charge is 0.493 e. The van der Waals surface area contributed by atoms with Crippen LogP contribution in [0, 0.1) is 11.8 Å². The van der Waals surface area contributed by atoms with Crippen LogP contribution in [0.1, 0.15) is 51.4 Å². The molecule has 1 fully saturated rings. The Balaban J connectivity index is 1.75. The highest BCUT2D eigenvalue weighted by Gasteiger charge is 2.41. The average molecular weight is 539 g/mol. The zero-order valence-corrected chi connectivity index (χ0v) is 23.1. The number of anilines is 1. The first kappa shape index (κ1) is 27.4. The van der Waals surface area contributed by atoms with Gasteiger partial charge in [-0.15, -0.1) is 0 Å². The smallest absolute Gasteiger partial charge is 0.269 e. The van der Waals surface area contributed by atoms with Crippen LogP contribution in [0.25, 0.3) is 11.3 Å². The van der Waals surface area contributed by atoms with Gasteiger partial charge in [-0.25, -0.2) is 18.1 Å². The highest BCUT2D eigenvalue weighted by molar-refractivity contribution is 7.90. The fourth-order valence-electron chi connectivity index (χ4n) is 4.46. The van der Waals surface area contributed by atoms with Crippen molar-refractivity contribution in [1.29, 1.82) is 0 Å². The molecule has 0 bridgehead atoms. The molecule has 0 saturated carbocycles. The minimum absolute atomic E-state index is 0.110. The first-order valence-electron chi connectivity index (χ1n) is 12.7. The number of aromatic nitrogens is 2. The summed E-state index contributed by atoms with van der Waals surface area (Å²) in [6.07, 6.45) is 2.22. The van der Waals surface area contributed by atoms with Crippen molar-refractivity contribution < 1.29 is 17.9 Å². The number of rotatable bonds is 8. The molecule has 0 radical (unpaired) electrons. The molecule has 4 rings (SSSR count). The highest BCUT2D eigenvalue weighted by atomic mass is 32.2. The predicted molar refractivity (Wildman–Crippen MR) is 147 cm³/mol. The predicted octanol–water partition coefficient (Wildman–Crippen LogP) is 4.22. The number of ether oxygens (including phenoxy) is 1. The molecule has 1 aliphatic rings. The van der Waals surface area contributed by atoms with Crippen LogP contribution >= 0.6 is 0 Å². The maximum atomic E-state index is 13.4. The number of hydrogen-bond donors (Lipinski definition) is 2. The van der Waals surface area contributed by atoms with Gasteiger partial charge in [0.05, 0.1) is 17.9 Å². The lowest BCUT2D eigenvalue weighted by Gasteiger charge is -2.36. The summed E-state index contributed by atoms with van der Waals surface area (Å²) in [5, 5.41) is 0. The second-order valence-corrected chi connectivity index (χ2v) is 12.2. The minimum Gasteiger partial charge on any atom is -0.493 e. The average Bonchev–Trinajstić information content (AvgIpc) is 3.14. The highest BCUT2D eigenvalue weighted by Crippen LogP contribution is 2.39. The minimum atomic E-state index is -4.41. The normalized spacial score (nSPS) is 17.0. The molecular formula is C28H34N4O5S. The van der Waals surface area contributed by atoms with E-state index in [0.29, 0.717) is 36.5 Å². The van der Waals surface area contributed by atoms with E-state index in [4.69, 9.17) is 9.72 Å². The lowest BCUT2D eigenvalue weighted by atomic mass is 9.90. The zero-order valence-electron chi connectivity index (χ0n) is 22.3. The lowest BCUT2D eigenvalue weighted by molar-refractivity contribution is 0.0981. The Labute approximate surface area is 223 Å². The number of aromatic amines is 1. The van der Waals surface area contributed by atoms with Crippen molar-refractivity contribution >= 4 is 21.7 Å². The molecule has 1 atom stereocenters. The van der Waals surface area contributed by atoms with Crippen molar-refractivity contribution in [2.45, 2.75) is 51.5 Å². The van der Waals surface area contributed by atoms with E-state index in [1.807, 2.05) is 24.3 Å². The number of carbonyl (C=O) groups excluding carboxylic acids is 1. The number of sulfonamides is 1. The molecule has 10 heteroatoms. The van der Waals surface area contributed by atoms with Gasteiger partial charge in [-0.05, 0) is 68.5 Å². The summed E-state index contributed by atoms with van der Waals surface area (Å²) in [5.41, 5.74) is 0.421. The van der Waals surface area contributed by atoms with Crippen LogP contribution in [-0.2, 0) is 10.0 Å². The molecule has 2 N–H and O–H groups in total. The van der Waals surface area contributed by atoms with Crippen molar-refractivity contribution in [3.8, 4) is 17.0 Å². The van der Waals surface area contributed by atoms with Crippen LogP contribution < -0.4 is 19.9 Å². The topological polar surface area (TPSA) is 121 Å². The van der Waals surface area contributed by atoms with Crippen LogP contribution in [0.2, 0.25) is 0 Å². The maximum Gasteiger partial charge on any atom is 0.269 e. The molecular weight excluding hydrogens is 504 g/mol. The third-order valence-corrected chi connectivity index (χ3v) is 8.43. The zero-order chi connectivity index (χ0) is 27.7. The molecule has 38 heavy (non-hydrogen) atoms. The van der Waals surface area contributed by atoms with E-state index in [1.54, 1.807) is 12.1 Å². The van der Waals surface area contributed by atoms with E-state index < -0.39 is 26.4 Å². The van der Waals surface area contributed by atoms with E-state index in [9.17, 15) is 18.0 Å². The number of benzene rings is 1. The van der Waals surface area contributed by atoms with Crippen molar-refractivity contribution in [3.05, 3.63) is 70.6 Å². The van der Waals surface area contributed by atoms with Crippen LogP contribution in [0.4, 0.5) is 5.82 Å².